The van der Waals surface area contributed by atoms with E-state index in [1.54, 1.807) is 18.6 Å². The molecule has 4 aliphatic rings. The van der Waals surface area contributed by atoms with Gasteiger partial charge in [-0.2, -0.15) is 15.5 Å². The summed E-state index contributed by atoms with van der Waals surface area (Å²) in [6.07, 6.45) is 11.7. The first-order valence-electron chi connectivity index (χ1n) is 13.9. The Morgan fingerprint density at radius 2 is 1.36 bits per heavy atom. The van der Waals surface area contributed by atoms with Gasteiger partial charge in [0.1, 0.15) is 0 Å². The van der Waals surface area contributed by atoms with Crippen LogP contribution in [0.3, 0.4) is 0 Å². The predicted octanol–water partition coefficient (Wildman–Crippen LogP) is 2.99. The van der Waals surface area contributed by atoms with Gasteiger partial charge in [0.2, 0.25) is 0 Å². The molecule has 0 radical (unpaired) electrons. The van der Waals surface area contributed by atoms with Crippen LogP contribution in [-0.4, -0.2) is 69.8 Å². The fourth-order valence-corrected chi connectivity index (χ4v) is 4.21. The smallest absolute Gasteiger partial charge is 0.399 e. The summed E-state index contributed by atoms with van der Waals surface area (Å²) >= 11 is 0. The zero-order chi connectivity index (χ0) is 28.5. The van der Waals surface area contributed by atoms with Crippen molar-refractivity contribution in [2.75, 3.05) is 13.2 Å². The van der Waals surface area contributed by atoms with Crippen molar-refractivity contribution in [2.45, 2.75) is 110 Å². The molecule has 4 fully saturated rings. The lowest BCUT2D eigenvalue weighted by Crippen LogP contribution is -2.41. The van der Waals surface area contributed by atoms with E-state index in [2.05, 4.69) is 21.4 Å². The van der Waals surface area contributed by atoms with Crippen molar-refractivity contribution >= 4 is 25.2 Å². The topological polar surface area (TPSA) is 116 Å². The van der Waals surface area contributed by atoms with Crippen molar-refractivity contribution < 1.29 is 23.4 Å². The maximum Gasteiger partial charge on any atom is 0.498 e. The molecule has 6 rings (SSSR count). The average molecular weight is 539 g/mol. The second kappa shape index (κ2) is 11.0. The molecule has 3 saturated heterocycles. The van der Waals surface area contributed by atoms with E-state index in [1.165, 1.54) is 12.8 Å². The van der Waals surface area contributed by atoms with Gasteiger partial charge < -0.3 is 23.4 Å². The van der Waals surface area contributed by atoms with Crippen molar-refractivity contribution in [3.8, 4) is 6.07 Å². The molecule has 1 saturated carbocycles. The second-order valence-corrected chi connectivity index (χ2v) is 12.9. The van der Waals surface area contributed by atoms with Gasteiger partial charge in [-0.15, -0.1) is 0 Å². The molecular weight excluding hydrogens is 496 g/mol. The van der Waals surface area contributed by atoms with Crippen molar-refractivity contribution in [2.24, 2.45) is 5.41 Å². The third kappa shape index (κ3) is 6.77. The SMILES string of the molecule is C1CCOC1.CC1(C)OB(c2cn[nH]c2)OC1(C)C.CC1(C)OB(c2cnn(CC3(C#N)CC3)c2)OC1(C)C. The van der Waals surface area contributed by atoms with Crippen LogP contribution in [0.4, 0.5) is 0 Å². The molecule has 212 valence electrons. The molecule has 0 spiro atoms. The molecule has 0 amide bonds. The van der Waals surface area contributed by atoms with E-state index >= 15 is 0 Å². The molecule has 2 aromatic heterocycles. The minimum Gasteiger partial charge on any atom is -0.399 e. The first-order chi connectivity index (χ1) is 18.2. The fraction of sp³-hybridized carbons (Fsp3) is 0.741. The molecule has 2 aromatic rings. The minimum atomic E-state index is -0.383. The summed E-state index contributed by atoms with van der Waals surface area (Å²) in [5.74, 6) is 0. The van der Waals surface area contributed by atoms with Crippen LogP contribution in [0.1, 0.15) is 81.1 Å². The number of aromatic nitrogens is 4. The van der Waals surface area contributed by atoms with E-state index in [0.29, 0.717) is 6.54 Å². The maximum atomic E-state index is 9.13. The summed E-state index contributed by atoms with van der Waals surface area (Å²) in [6, 6.07) is 2.38. The molecule has 1 aliphatic carbocycles. The zero-order valence-corrected chi connectivity index (χ0v) is 24.7. The minimum absolute atomic E-state index is 0.195. The van der Waals surface area contributed by atoms with Gasteiger partial charge in [0, 0.05) is 48.9 Å². The van der Waals surface area contributed by atoms with E-state index in [1.807, 2.05) is 66.3 Å². The zero-order valence-electron chi connectivity index (χ0n) is 24.7. The summed E-state index contributed by atoms with van der Waals surface area (Å²) in [6.45, 7) is 18.9. The second-order valence-electron chi connectivity index (χ2n) is 12.9. The largest absolute Gasteiger partial charge is 0.498 e. The van der Waals surface area contributed by atoms with Crippen LogP contribution < -0.4 is 10.9 Å². The van der Waals surface area contributed by atoms with Crippen LogP contribution in [0.15, 0.2) is 24.8 Å². The maximum absolute atomic E-state index is 9.13. The molecular formula is C27H43B2N5O5. The number of nitrogens with one attached hydrogen (secondary N) is 1. The number of H-pyrrole nitrogens is 1. The van der Waals surface area contributed by atoms with Crippen LogP contribution >= 0.6 is 0 Å². The molecule has 5 heterocycles. The molecule has 0 unspecified atom stereocenters. The molecule has 39 heavy (non-hydrogen) atoms. The van der Waals surface area contributed by atoms with Crippen LogP contribution in [-0.2, 0) is 29.9 Å². The monoisotopic (exact) mass is 539 g/mol. The van der Waals surface area contributed by atoms with Crippen molar-refractivity contribution in [1.29, 1.82) is 5.26 Å². The molecule has 3 aliphatic heterocycles. The number of nitriles is 1. The number of hydrogen-bond donors (Lipinski definition) is 1. The van der Waals surface area contributed by atoms with Gasteiger partial charge in [0.25, 0.3) is 0 Å². The van der Waals surface area contributed by atoms with E-state index in [-0.39, 0.29) is 42.1 Å². The fourth-order valence-electron chi connectivity index (χ4n) is 4.21. The number of nitrogens with zero attached hydrogens (tertiary/aromatic N) is 4. The van der Waals surface area contributed by atoms with Gasteiger partial charge in [0.15, 0.2) is 0 Å². The van der Waals surface area contributed by atoms with Crippen LogP contribution in [0.25, 0.3) is 0 Å². The van der Waals surface area contributed by atoms with Crippen molar-refractivity contribution in [3.63, 3.8) is 0 Å². The third-order valence-electron chi connectivity index (χ3n) is 8.61. The predicted molar refractivity (Wildman–Crippen MR) is 150 cm³/mol. The van der Waals surface area contributed by atoms with Crippen molar-refractivity contribution in [3.05, 3.63) is 24.8 Å². The molecule has 0 atom stereocenters. The van der Waals surface area contributed by atoms with Crippen LogP contribution in [0.5, 0.6) is 0 Å². The van der Waals surface area contributed by atoms with Gasteiger partial charge in [-0.3, -0.25) is 9.78 Å². The summed E-state index contributed by atoms with van der Waals surface area (Å²) < 4.78 is 30.4. The highest BCUT2D eigenvalue weighted by Gasteiger charge is 2.53. The van der Waals surface area contributed by atoms with E-state index < -0.39 is 0 Å². The van der Waals surface area contributed by atoms with Gasteiger partial charge in [0.05, 0.1) is 40.4 Å². The molecule has 1 N–H and O–H groups in total. The van der Waals surface area contributed by atoms with Crippen LogP contribution in [0.2, 0.25) is 0 Å². The van der Waals surface area contributed by atoms with Crippen LogP contribution in [0, 0.1) is 16.7 Å². The van der Waals surface area contributed by atoms with Gasteiger partial charge in [-0.05, 0) is 81.1 Å². The third-order valence-corrected chi connectivity index (χ3v) is 8.61. The molecule has 0 aromatic carbocycles. The lowest BCUT2D eigenvalue weighted by atomic mass is 9.82. The summed E-state index contributed by atoms with van der Waals surface area (Å²) in [7, 11) is -0.690. The highest BCUT2D eigenvalue weighted by atomic mass is 16.7. The van der Waals surface area contributed by atoms with E-state index in [0.717, 1.165) is 37.0 Å². The quantitative estimate of drug-likeness (QED) is 0.590. The van der Waals surface area contributed by atoms with Gasteiger partial charge >= 0.3 is 14.2 Å². The normalized spacial score (nSPS) is 24.8. The van der Waals surface area contributed by atoms with Gasteiger partial charge in [-0.1, -0.05) is 0 Å². The number of hydrogen-bond acceptors (Lipinski definition) is 8. The Balaban J connectivity index is 0.000000160. The lowest BCUT2D eigenvalue weighted by molar-refractivity contribution is 0.00578. The standard InChI is InChI=1S/C14H20BN3O2.C9H15BN2O2.C4H8O/c1-12(2)13(3,4)20-15(19-12)11-7-17-18(8-11)10-14(9-16)5-6-14;1-8(2)9(3,4)14-10(13-8)7-5-11-12-6-7;1-2-4-5-3-1/h7-8H,5-6,10H2,1-4H3;5-6H,1-4H3,(H,11,12);1-4H2. The Bertz CT molecular complexity index is 1090. The summed E-state index contributed by atoms with van der Waals surface area (Å²) in [5.41, 5.74) is 0.401. The number of aromatic amines is 1. The highest BCUT2D eigenvalue weighted by Crippen LogP contribution is 2.46. The van der Waals surface area contributed by atoms with E-state index in [9.17, 15) is 0 Å². The number of rotatable bonds is 4. The Kier molecular flexibility index (Phi) is 8.42. The summed E-state index contributed by atoms with van der Waals surface area (Å²) in [4.78, 5) is 0. The lowest BCUT2D eigenvalue weighted by Gasteiger charge is -2.32. The molecule has 12 heteroatoms. The average Bonchev–Trinajstić information content (AvgIpc) is 3.45. The first kappa shape index (κ1) is 29.8. The Hall–Kier alpha value is -2.16. The Morgan fingerprint density at radius 3 is 1.74 bits per heavy atom. The van der Waals surface area contributed by atoms with E-state index in [4.69, 9.17) is 28.6 Å². The first-order valence-corrected chi connectivity index (χ1v) is 13.9. The number of ether oxygens (including phenoxy) is 1. The highest BCUT2D eigenvalue weighted by molar-refractivity contribution is 6.62. The Morgan fingerprint density at radius 1 is 0.846 bits per heavy atom. The summed E-state index contributed by atoms with van der Waals surface area (Å²) in [5, 5.41) is 20.1. The molecule has 10 nitrogen and oxygen atoms in total. The van der Waals surface area contributed by atoms with Gasteiger partial charge in [-0.25, -0.2) is 0 Å². The van der Waals surface area contributed by atoms with Crippen molar-refractivity contribution in [1.82, 2.24) is 20.0 Å². The molecule has 0 bridgehead atoms. The Labute approximate surface area is 233 Å².